The van der Waals surface area contributed by atoms with Crippen LogP contribution >= 0.6 is 0 Å². The quantitative estimate of drug-likeness (QED) is 0.330. The van der Waals surface area contributed by atoms with Gasteiger partial charge in [-0.3, -0.25) is 19.3 Å². The molecule has 2 fully saturated rings. The summed E-state index contributed by atoms with van der Waals surface area (Å²) in [5.74, 6) is -1.81. The number of Topliss-reactive ketones (excluding diaryl/α,β-unsaturated/α-hetero) is 1. The van der Waals surface area contributed by atoms with Crippen molar-refractivity contribution >= 4 is 17.6 Å². The molecule has 4 rings (SSSR count). The Morgan fingerprint density at radius 2 is 1.57 bits per heavy atom. The Morgan fingerprint density at radius 3 is 2.19 bits per heavy atom. The standard InChI is InChI=1S/C32H40FN3O6/c1-22(17-25(33)20-36-13-15-41-16-14-36)30(38)35-28(19-24-9-11-26(40-3)12-10-24)31(39)34-27(29(37)32(2)21-42-32)18-23-7-5-4-6-8-23/h4-12,17,22,27-28H,13-16,18-21H2,1-3H3,(H,34,39)(H,35,38)/b25-17-/t22-,27+,28+,32-/m1/s1. The Morgan fingerprint density at radius 1 is 0.976 bits per heavy atom. The Labute approximate surface area is 246 Å². The van der Waals surface area contributed by atoms with Crippen molar-refractivity contribution in [1.82, 2.24) is 15.5 Å². The predicted molar refractivity (Wildman–Crippen MR) is 156 cm³/mol. The highest BCUT2D eigenvalue weighted by Crippen LogP contribution is 2.29. The molecule has 0 bridgehead atoms. The number of epoxide rings is 1. The van der Waals surface area contributed by atoms with E-state index in [1.807, 2.05) is 47.4 Å². The van der Waals surface area contributed by atoms with Crippen molar-refractivity contribution in [1.29, 1.82) is 0 Å². The average Bonchev–Trinajstić information content (AvgIpc) is 3.75. The van der Waals surface area contributed by atoms with E-state index in [0.29, 0.717) is 38.7 Å². The molecule has 10 heteroatoms. The number of nitrogens with one attached hydrogen (secondary N) is 2. The molecule has 2 aromatic rings. The zero-order valence-corrected chi connectivity index (χ0v) is 24.4. The molecular formula is C32H40FN3O6. The molecule has 2 heterocycles. The highest BCUT2D eigenvalue weighted by molar-refractivity contribution is 5.98. The van der Waals surface area contributed by atoms with Gasteiger partial charge in [-0.15, -0.1) is 0 Å². The third-order valence-corrected chi connectivity index (χ3v) is 7.57. The van der Waals surface area contributed by atoms with Crippen LogP contribution in [0.25, 0.3) is 0 Å². The molecule has 0 spiro atoms. The number of methoxy groups -OCH3 is 1. The molecule has 0 unspecified atom stereocenters. The first-order valence-corrected chi connectivity index (χ1v) is 14.3. The number of nitrogens with zero attached hydrogens (tertiary/aromatic N) is 1. The molecule has 2 saturated heterocycles. The van der Waals surface area contributed by atoms with E-state index in [2.05, 4.69) is 10.6 Å². The largest absolute Gasteiger partial charge is 0.497 e. The number of amides is 2. The zero-order valence-electron chi connectivity index (χ0n) is 24.4. The Kier molecular flexibility index (Phi) is 10.8. The number of ketones is 1. The van der Waals surface area contributed by atoms with Gasteiger partial charge in [0.25, 0.3) is 0 Å². The molecule has 0 radical (unpaired) electrons. The highest BCUT2D eigenvalue weighted by Gasteiger charge is 2.50. The lowest BCUT2D eigenvalue weighted by Crippen LogP contribution is -2.55. The number of carbonyl (C=O) groups is 3. The summed E-state index contributed by atoms with van der Waals surface area (Å²) < 4.78 is 30.7. The first-order chi connectivity index (χ1) is 20.2. The van der Waals surface area contributed by atoms with Crippen LogP contribution < -0.4 is 15.4 Å². The van der Waals surface area contributed by atoms with Crippen LogP contribution in [0.5, 0.6) is 5.75 Å². The molecule has 4 atom stereocenters. The Hall–Kier alpha value is -3.60. The molecule has 226 valence electrons. The van der Waals surface area contributed by atoms with E-state index in [-0.39, 0.29) is 25.2 Å². The summed E-state index contributed by atoms with van der Waals surface area (Å²) in [7, 11) is 1.56. The van der Waals surface area contributed by atoms with Crippen LogP contribution in [0.3, 0.4) is 0 Å². The van der Waals surface area contributed by atoms with Crippen LogP contribution in [-0.4, -0.2) is 86.7 Å². The minimum atomic E-state index is -1.01. The molecule has 2 N–H and O–H groups in total. The molecule has 2 aliphatic heterocycles. The van der Waals surface area contributed by atoms with Gasteiger partial charge in [0.1, 0.15) is 23.2 Å². The number of benzene rings is 2. The van der Waals surface area contributed by atoms with Crippen molar-refractivity contribution in [2.45, 2.75) is 44.4 Å². The van der Waals surface area contributed by atoms with E-state index >= 15 is 0 Å². The van der Waals surface area contributed by atoms with Crippen LogP contribution in [0.15, 0.2) is 66.5 Å². The lowest BCUT2D eigenvalue weighted by atomic mass is 9.94. The smallest absolute Gasteiger partial charge is 0.243 e. The van der Waals surface area contributed by atoms with Gasteiger partial charge in [-0.05, 0) is 49.6 Å². The lowest BCUT2D eigenvalue weighted by Gasteiger charge is -2.26. The van der Waals surface area contributed by atoms with Gasteiger partial charge in [0.2, 0.25) is 11.8 Å². The van der Waals surface area contributed by atoms with Gasteiger partial charge in [0.15, 0.2) is 5.78 Å². The first-order valence-electron chi connectivity index (χ1n) is 14.3. The summed E-state index contributed by atoms with van der Waals surface area (Å²) in [6.07, 6.45) is 1.72. The van der Waals surface area contributed by atoms with Crippen molar-refractivity contribution in [2.75, 3.05) is 46.6 Å². The summed E-state index contributed by atoms with van der Waals surface area (Å²) in [5.41, 5.74) is 0.714. The monoisotopic (exact) mass is 581 g/mol. The number of ether oxygens (including phenoxy) is 3. The minimum absolute atomic E-state index is 0.0981. The number of hydrogen-bond donors (Lipinski definition) is 2. The molecular weight excluding hydrogens is 541 g/mol. The molecule has 0 aromatic heterocycles. The minimum Gasteiger partial charge on any atom is -0.497 e. The fourth-order valence-corrected chi connectivity index (χ4v) is 4.83. The van der Waals surface area contributed by atoms with Gasteiger partial charge in [0.05, 0.1) is 45.4 Å². The molecule has 2 aliphatic rings. The lowest BCUT2D eigenvalue weighted by molar-refractivity contribution is -0.133. The van der Waals surface area contributed by atoms with Crippen molar-refractivity contribution < 1.29 is 33.0 Å². The Bertz CT molecular complexity index is 1240. The zero-order chi connectivity index (χ0) is 30.1. The van der Waals surface area contributed by atoms with Crippen LogP contribution in [-0.2, 0) is 36.7 Å². The average molecular weight is 582 g/mol. The summed E-state index contributed by atoms with van der Waals surface area (Å²) in [5, 5.41) is 5.67. The van der Waals surface area contributed by atoms with Gasteiger partial charge < -0.3 is 24.8 Å². The molecule has 42 heavy (non-hydrogen) atoms. The van der Waals surface area contributed by atoms with Crippen molar-refractivity contribution in [2.24, 2.45) is 5.92 Å². The molecule has 2 aromatic carbocycles. The van der Waals surface area contributed by atoms with Crippen LogP contribution in [0.2, 0.25) is 0 Å². The number of morpholine rings is 1. The second-order valence-corrected chi connectivity index (χ2v) is 11.0. The number of hydrogen-bond acceptors (Lipinski definition) is 7. The maximum Gasteiger partial charge on any atom is 0.243 e. The van der Waals surface area contributed by atoms with Crippen LogP contribution in [0.4, 0.5) is 4.39 Å². The third-order valence-electron chi connectivity index (χ3n) is 7.57. The second kappa shape index (κ2) is 14.5. The normalized spacial score (nSPS) is 21.1. The fourth-order valence-electron chi connectivity index (χ4n) is 4.83. The van der Waals surface area contributed by atoms with Gasteiger partial charge in [-0.2, -0.15) is 0 Å². The summed E-state index contributed by atoms with van der Waals surface area (Å²) >= 11 is 0. The van der Waals surface area contributed by atoms with Crippen LogP contribution in [0, 0.1) is 5.92 Å². The number of carbonyl (C=O) groups excluding carboxylic acids is 3. The van der Waals surface area contributed by atoms with Crippen molar-refractivity contribution in [3.63, 3.8) is 0 Å². The Balaban J connectivity index is 1.49. The first kappa shape index (κ1) is 31.3. The van der Waals surface area contributed by atoms with Crippen molar-refractivity contribution in [3.8, 4) is 5.75 Å². The van der Waals surface area contributed by atoms with Gasteiger partial charge in [-0.1, -0.05) is 42.5 Å². The maximum absolute atomic E-state index is 14.8. The van der Waals surface area contributed by atoms with Crippen molar-refractivity contribution in [3.05, 3.63) is 77.6 Å². The van der Waals surface area contributed by atoms with E-state index in [9.17, 15) is 18.8 Å². The molecule has 9 nitrogen and oxygen atoms in total. The molecule has 0 saturated carbocycles. The number of rotatable bonds is 14. The van der Waals surface area contributed by atoms with E-state index in [0.717, 1.165) is 11.1 Å². The summed E-state index contributed by atoms with van der Waals surface area (Å²) in [4.78, 5) is 42.2. The fraction of sp³-hybridized carbons (Fsp3) is 0.469. The summed E-state index contributed by atoms with van der Waals surface area (Å²) in [6.45, 7) is 6.02. The maximum atomic E-state index is 14.8. The highest BCUT2D eigenvalue weighted by atomic mass is 19.1. The molecule has 2 amide bonds. The molecule has 0 aliphatic carbocycles. The van der Waals surface area contributed by atoms with Gasteiger partial charge in [-0.25, -0.2) is 4.39 Å². The van der Waals surface area contributed by atoms with E-state index < -0.39 is 41.2 Å². The van der Waals surface area contributed by atoms with E-state index in [1.54, 1.807) is 33.1 Å². The van der Waals surface area contributed by atoms with Crippen LogP contribution in [0.1, 0.15) is 25.0 Å². The summed E-state index contributed by atoms with van der Waals surface area (Å²) in [6, 6.07) is 14.7. The number of halogens is 1. The van der Waals surface area contributed by atoms with E-state index in [4.69, 9.17) is 14.2 Å². The van der Waals surface area contributed by atoms with Gasteiger partial charge in [0, 0.05) is 19.5 Å². The third kappa shape index (κ3) is 8.95. The topological polar surface area (TPSA) is 110 Å². The SMILES string of the molecule is COc1ccc(C[C@H](NC(=O)[C@H](C)/C=C(\F)CN2CCOCC2)C(=O)N[C@@H](Cc2ccccc2)C(=O)[C@@]2(C)CO2)cc1. The predicted octanol–water partition coefficient (Wildman–Crippen LogP) is 2.63. The second-order valence-electron chi connectivity index (χ2n) is 11.0. The van der Waals surface area contributed by atoms with E-state index in [1.165, 1.54) is 6.08 Å². The van der Waals surface area contributed by atoms with Gasteiger partial charge >= 0.3 is 0 Å².